The average Bonchev–Trinajstić information content (AvgIpc) is 1.67. The molecule has 474 valence electrons. The Morgan fingerprint density at radius 3 is 2.15 bits per heavy atom. The lowest BCUT2D eigenvalue weighted by Crippen LogP contribution is -2.21. The Bertz CT molecular complexity index is 3440. The summed E-state index contributed by atoms with van der Waals surface area (Å²) in [6, 6.07) is 24.3. The fraction of sp³-hybridized carbons (Fsp3) is 0.341. The standard InChI is InChI=1S/C53H57N3O.C21H29N3.4C2H6/c1-10-13-18-23-39(5)55(44-26-21-17-22-27-44)49-34-32-43(36-47(49)53(7,8)9)42-31-33-48-46(35-42)45(28-14-11-2)51(56(48)40(6)30-29-38(4)12-3)50-37-54-52(57-50)41-24-19-15-16-20-25-41;1-6-8-12-18(13-9-7-2)20(22-4)24-21(23-5)19-14-10-11-17(3)15-16-19;4*1-2/h10,12-13,15-19,21-27,29-37H,3,5,11,14,20,28H2,1-2,4,6-9H3;6,8,11-12,14-16,18H,1,5,7,9-10,13H2,2-4H3;4*1-2H3/b13-10-,23-18-,38-29-,40-30+;12-8-,22-20?,24-21?;;;;. The minimum Gasteiger partial charge on any atom is -0.435 e. The summed E-state index contributed by atoms with van der Waals surface area (Å²) in [5, 5.41) is 1.22. The first-order valence-electron chi connectivity index (χ1n) is 32.7. The van der Waals surface area contributed by atoms with Crippen molar-refractivity contribution < 1.29 is 4.42 Å². The monoisotopic (exact) mass is 1190 g/mol. The van der Waals surface area contributed by atoms with E-state index >= 15 is 0 Å². The number of oxazole rings is 1. The largest absolute Gasteiger partial charge is 0.435 e. The van der Waals surface area contributed by atoms with Crippen molar-refractivity contribution in [2.75, 3.05) is 11.9 Å². The summed E-state index contributed by atoms with van der Waals surface area (Å²) >= 11 is 0. The summed E-state index contributed by atoms with van der Waals surface area (Å²) in [4.78, 5) is 20.4. The molecular formula is C82H110N6O. The van der Waals surface area contributed by atoms with E-state index in [4.69, 9.17) is 14.4 Å². The van der Waals surface area contributed by atoms with Crippen LogP contribution in [-0.4, -0.2) is 35.0 Å². The maximum absolute atomic E-state index is 6.68. The van der Waals surface area contributed by atoms with Gasteiger partial charge >= 0.3 is 0 Å². The van der Waals surface area contributed by atoms with Gasteiger partial charge in [-0.05, 0) is 149 Å². The van der Waals surface area contributed by atoms with E-state index in [-0.39, 0.29) is 11.3 Å². The van der Waals surface area contributed by atoms with E-state index < -0.39 is 0 Å². The molecule has 1 atom stereocenters. The van der Waals surface area contributed by atoms with Crippen molar-refractivity contribution >= 4 is 51.9 Å². The van der Waals surface area contributed by atoms with Gasteiger partial charge in [-0.3, -0.25) is 4.99 Å². The molecule has 2 heterocycles. The van der Waals surface area contributed by atoms with Crippen LogP contribution in [0.1, 0.15) is 180 Å². The number of benzene rings is 3. The molecule has 3 aromatic carbocycles. The number of aromatic nitrogens is 2. The zero-order valence-electron chi connectivity index (χ0n) is 58.1. The Morgan fingerprint density at radius 2 is 1.51 bits per heavy atom. The number of aryl methyl sites for hydroxylation is 1. The van der Waals surface area contributed by atoms with E-state index in [1.54, 1.807) is 13.1 Å². The minimum atomic E-state index is -0.153. The molecule has 2 aliphatic carbocycles. The Labute approximate surface area is 540 Å². The molecule has 5 aromatic rings. The van der Waals surface area contributed by atoms with Crippen LogP contribution in [-0.2, 0) is 11.8 Å². The Kier molecular flexibility index (Phi) is 36.6. The molecule has 0 amide bonds. The average molecular weight is 1200 g/mol. The summed E-state index contributed by atoms with van der Waals surface area (Å²) in [6.07, 6.45) is 49.1. The fourth-order valence-electron chi connectivity index (χ4n) is 9.76. The predicted octanol–water partition coefficient (Wildman–Crippen LogP) is 24.9. The normalized spacial score (nSPS) is 13.8. The third-order valence-electron chi connectivity index (χ3n) is 14.2. The molecule has 1 unspecified atom stereocenters. The molecule has 0 N–H and O–H groups in total. The first-order valence-corrected chi connectivity index (χ1v) is 32.7. The van der Waals surface area contributed by atoms with Crippen LogP contribution in [0.2, 0.25) is 0 Å². The Hall–Kier alpha value is -8.42. The van der Waals surface area contributed by atoms with Gasteiger partial charge in [-0.1, -0.05) is 268 Å². The number of fused-ring (bicyclic) bond motifs is 1. The van der Waals surface area contributed by atoms with E-state index in [2.05, 4.69) is 235 Å². The van der Waals surface area contributed by atoms with Crippen LogP contribution >= 0.6 is 0 Å². The van der Waals surface area contributed by atoms with E-state index in [0.717, 1.165) is 114 Å². The van der Waals surface area contributed by atoms with Crippen molar-refractivity contribution in [3.05, 3.63) is 248 Å². The topological polar surface area (TPSA) is 71.3 Å². The number of anilines is 2. The zero-order chi connectivity index (χ0) is 66.3. The number of allylic oxidation sites excluding steroid dienone is 21. The Balaban J connectivity index is 0.000000706. The van der Waals surface area contributed by atoms with Crippen molar-refractivity contribution in [2.24, 2.45) is 20.9 Å². The lowest BCUT2D eigenvalue weighted by molar-refractivity contribution is 0.553. The molecule has 2 aromatic heterocycles. The van der Waals surface area contributed by atoms with E-state index in [1.165, 1.54) is 33.2 Å². The highest BCUT2D eigenvalue weighted by atomic mass is 16.4. The van der Waals surface area contributed by atoms with Crippen molar-refractivity contribution in [2.45, 2.75) is 174 Å². The Morgan fingerprint density at radius 1 is 0.809 bits per heavy atom. The predicted molar refractivity (Wildman–Crippen MR) is 400 cm³/mol. The molecule has 0 radical (unpaired) electrons. The van der Waals surface area contributed by atoms with Gasteiger partial charge in [-0.2, -0.15) is 0 Å². The SMILES string of the molecule is C=C/C(C)=C\C=C(/C)n1c(-c2cnc(C3=CCC=CC=C3)o2)c(CCCC)c2cc(-c3ccc(N(C(=C)/C=C\C=C/C)c4ccccc4)c(C(C)(C)C)c3)ccc21.C=C/C=C\C(CCCC)C(N=C(N=C)C1=CCC=C(C)C=C1)=NC.CC.CC.CC.CC. The van der Waals surface area contributed by atoms with E-state index in [1.807, 2.05) is 111 Å². The lowest BCUT2D eigenvalue weighted by atomic mass is 9.83. The van der Waals surface area contributed by atoms with Crippen molar-refractivity contribution in [1.82, 2.24) is 9.55 Å². The van der Waals surface area contributed by atoms with Crippen LogP contribution < -0.4 is 4.90 Å². The first-order chi connectivity index (χ1) is 43.2. The van der Waals surface area contributed by atoms with Crippen molar-refractivity contribution in [3.63, 3.8) is 0 Å². The van der Waals surface area contributed by atoms with Gasteiger partial charge in [0.25, 0.3) is 0 Å². The molecule has 0 saturated carbocycles. The third kappa shape index (κ3) is 22.9. The first kappa shape index (κ1) is 76.7. The summed E-state index contributed by atoms with van der Waals surface area (Å²) in [7, 11) is 1.78. The number of hydrogen-bond acceptors (Lipinski definition) is 4. The highest BCUT2D eigenvalue weighted by Gasteiger charge is 2.27. The van der Waals surface area contributed by atoms with Crippen LogP contribution in [0.25, 0.3) is 44.8 Å². The molecule has 0 saturated heterocycles. The highest BCUT2D eigenvalue weighted by Crippen LogP contribution is 2.43. The molecule has 2 aliphatic rings. The molecule has 0 bridgehead atoms. The summed E-state index contributed by atoms with van der Waals surface area (Å²) in [6.45, 7) is 51.6. The quantitative estimate of drug-likeness (QED) is 0.0417. The number of amidine groups is 2. The number of para-hydroxylation sites is 1. The number of nitrogens with zero attached hydrogens (tertiary/aromatic N) is 6. The summed E-state index contributed by atoms with van der Waals surface area (Å²) in [5.74, 6) is 2.98. The zero-order valence-corrected chi connectivity index (χ0v) is 58.1. The summed E-state index contributed by atoms with van der Waals surface area (Å²) in [5.41, 5.74) is 15.4. The van der Waals surface area contributed by atoms with Gasteiger partial charge in [-0.25, -0.2) is 15.0 Å². The van der Waals surface area contributed by atoms with Gasteiger partial charge in [0, 0.05) is 52.3 Å². The molecule has 0 fully saturated rings. The van der Waals surface area contributed by atoms with Gasteiger partial charge < -0.3 is 13.9 Å². The second-order valence-electron chi connectivity index (χ2n) is 21.4. The number of rotatable bonds is 21. The van der Waals surface area contributed by atoms with Gasteiger partial charge in [0.15, 0.2) is 11.6 Å². The third-order valence-corrected chi connectivity index (χ3v) is 14.2. The smallest absolute Gasteiger partial charge is 0.226 e. The number of hydrogen-bond donors (Lipinski definition) is 0. The van der Waals surface area contributed by atoms with Crippen LogP contribution in [0.4, 0.5) is 11.4 Å². The van der Waals surface area contributed by atoms with E-state index in [0.29, 0.717) is 11.7 Å². The second kappa shape index (κ2) is 42.5. The minimum absolute atomic E-state index is 0.153. The second-order valence-corrected chi connectivity index (χ2v) is 21.4. The van der Waals surface area contributed by atoms with Crippen LogP contribution in [0.15, 0.2) is 250 Å². The van der Waals surface area contributed by atoms with Crippen molar-refractivity contribution in [3.8, 4) is 22.6 Å². The van der Waals surface area contributed by atoms with Gasteiger partial charge in [-0.15, -0.1) is 0 Å². The maximum atomic E-state index is 6.68. The molecular weight excluding hydrogens is 1080 g/mol. The molecule has 0 spiro atoms. The number of aliphatic imine (C=N–C) groups is 3. The van der Waals surface area contributed by atoms with Crippen LogP contribution in [0, 0.1) is 5.92 Å². The van der Waals surface area contributed by atoms with Gasteiger partial charge in [0.2, 0.25) is 5.89 Å². The molecule has 0 aliphatic heterocycles. The highest BCUT2D eigenvalue weighted by molar-refractivity contribution is 6.10. The van der Waals surface area contributed by atoms with Crippen LogP contribution in [0.5, 0.6) is 0 Å². The van der Waals surface area contributed by atoms with Crippen LogP contribution in [0.3, 0.4) is 0 Å². The number of unbranched alkanes of at least 4 members (excludes halogenated alkanes) is 2. The van der Waals surface area contributed by atoms with E-state index in [9.17, 15) is 0 Å². The molecule has 7 nitrogen and oxygen atoms in total. The molecule has 7 heteroatoms. The van der Waals surface area contributed by atoms with Crippen molar-refractivity contribution in [1.29, 1.82) is 0 Å². The van der Waals surface area contributed by atoms with Gasteiger partial charge in [0.1, 0.15) is 5.84 Å². The lowest BCUT2D eigenvalue weighted by Gasteiger charge is -2.32. The molecule has 7 rings (SSSR count). The molecule has 89 heavy (non-hydrogen) atoms. The fourth-order valence-corrected chi connectivity index (χ4v) is 9.76. The van der Waals surface area contributed by atoms with Gasteiger partial charge in [0.05, 0.1) is 17.4 Å². The maximum Gasteiger partial charge on any atom is 0.226 e. The summed E-state index contributed by atoms with van der Waals surface area (Å²) < 4.78 is 9.04.